The van der Waals surface area contributed by atoms with Crippen molar-refractivity contribution < 1.29 is 4.74 Å². The highest BCUT2D eigenvalue weighted by molar-refractivity contribution is 6.32. The fourth-order valence-corrected chi connectivity index (χ4v) is 2.32. The quantitative estimate of drug-likeness (QED) is 0.835. The van der Waals surface area contributed by atoms with E-state index in [1.54, 1.807) is 7.11 Å². The Morgan fingerprint density at radius 2 is 2.27 bits per heavy atom. The maximum Gasteiger partial charge on any atom is 0.119 e. The molecule has 0 bridgehead atoms. The number of nitrogens with one attached hydrogen (secondary N) is 1. The zero-order chi connectivity index (χ0) is 10.8. The van der Waals surface area contributed by atoms with Crippen LogP contribution in [0.4, 0.5) is 0 Å². The molecule has 0 amide bonds. The monoisotopic (exact) mass is 225 g/mol. The van der Waals surface area contributed by atoms with Gasteiger partial charge in [-0.15, -0.1) is 0 Å². The number of hydrogen-bond donors (Lipinski definition) is 1. The second kappa shape index (κ2) is 4.42. The van der Waals surface area contributed by atoms with E-state index in [2.05, 4.69) is 5.32 Å². The minimum atomic E-state index is 0.395. The summed E-state index contributed by atoms with van der Waals surface area (Å²) in [7, 11) is 1.69. The molecule has 1 unspecified atom stereocenters. The molecule has 2 nitrogen and oxygen atoms in total. The predicted molar refractivity (Wildman–Crippen MR) is 62.7 cm³/mol. The van der Waals surface area contributed by atoms with Crippen molar-refractivity contribution in [2.24, 2.45) is 0 Å². The fraction of sp³-hybridized carbons (Fsp3) is 0.500. The van der Waals surface area contributed by atoms with Crippen molar-refractivity contribution >= 4 is 11.6 Å². The van der Waals surface area contributed by atoms with E-state index < -0.39 is 0 Å². The van der Waals surface area contributed by atoms with Gasteiger partial charge in [-0.3, -0.25) is 0 Å². The molecule has 1 aliphatic rings. The van der Waals surface area contributed by atoms with E-state index in [9.17, 15) is 0 Å². The molecule has 1 N–H and O–H groups in total. The first-order valence-electron chi connectivity index (χ1n) is 5.30. The number of methoxy groups -OCH3 is 1. The van der Waals surface area contributed by atoms with Gasteiger partial charge in [-0.25, -0.2) is 0 Å². The second-order valence-corrected chi connectivity index (χ2v) is 4.37. The summed E-state index contributed by atoms with van der Waals surface area (Å²) in [6.45, 7) is 3.10. The number of ether oxygens (including phenoxy) is 1. The number of halogens is 1. The SMILES string of the molecule is COc1cc(C)c(Cl)c(C2CCCN2)c1. The van der Waals surface area contributed by atoms with Gasteiger partial charge >= 0.3 is 0 Å². The standard InChI is InChI=1S/C12H16ClNO/c1-8-6-9(15-2)7-10(12(8)13)11-4-3-5-14-11/h6-7,11,14H,3-5H2,1-2H3. The molecule has 0 spiro atoms. The third-order valence-electron chi connectivity index (χ3n) is 2.93. The van der Waals surface area contributed by atoms with Crippen LogP contribution in [0.5, 0.6) is 5.75 Å². The number of hydrogen-bond acceptors (Lipinski definition) is 2. The van der Waals surface area contributed by atoms with Crippen molar-refractivity contribution in [3.8, 4) is 5.75 Å². The molecular formula is C12H16ClNO. The predicted octanol–water partition coefficient (Wildman–Crippen LogP) is 3.08. The van der Waals surface area contributed by atoms with Crippen LogP contribution in [0.2, 0.25) is 5.02 Å². The van der Waals surface area contributed by atoms with E-state index in [0.717, 1.165) is 29.3 Å². The molecule has 0 aliphatic carbocycles. The van der Waals surface area contributed by atoms with Gasteiger partial charge in [-0.1, -0.05) is 11.6 Å². The second-order valence-electron chi connectivity index (χ2n) is 4.00. The van der Waals surface area contributed by atoms with Crippen molar-refractivity contribution in [2.75, 3.05) is 13.7 Å². The van der Waals surface area contributed by atoms with E-state index >= 15 is 0 Å². The maximum absolute atomic E-state index is 6.31. The average Bonchev–Trinajstić information content (AvgIpc) is 2.75. The largest absolute Gasteiger partial charge is 0.497 e. The van der Waals surface area contributed by atoms with E-state index in [-0.39, 0.29) is 0 Å². The van der Waals surface area contributed by atoms with Gasteiger partial charge in [0.2, 0.25) is 0 Å². The highest BCUT2D eigenvalue weighted by Crippen LogP contribution is 2.34. The van der Waals surface area contributed by atoms with Crippen LogP contribution in [0.1, 0.15) is 30.0 Å². The first-order valence-corrected chi connectivity index (χ1v) is 5.67. The highest BCUT2D eigenvalue weighted by atomic mass is 35.5. The van der Waals surface area contributed by atoms with Gasteiger partial charge in [0, 0.05) is 11.1 Å². The minimum absolute atomic E-state index is 0.395. The van der Waals surface area contributed by atoms with Gasteiger partial charge < -0.3 is 10.1 Å². The minimum Gasteiger partial charge on any atom is -0.497 e. The molecule has 1 atom stereocenters. The van der Waals surface area contributed by atoms with Crippen LogP contribution in [0.25, 0.3) is 0 Å². The van der Waals surface area contributed by atoms with E-state index in [1.165, 1.54) is 12.0 Å². The lowest BCUT2D eigenvalue weighted by atomic mass is 10.0. The Labute approximate surface area is 95.6 Å². The molecule has 1 heterocycles. The van der Waals surface area contributed by atoms with Crippen LogP contribution in [-0.2, 0) is 0 Å². The molecule has 82 valence electrons. The van der Waals surface area contributed by atoms with Crippen molar-refractivity contribution in [1.29, 1.82) is 0 Å². The molecule has 1 saturated heterocycles. The summed E-state index contributed by atoms with van der Waals surface area (Å²) in [6.07, 6.45) is 2.38. The molecule has 1 aromatic carbocycles. The van der Waals surface area contributed by atoms with Crippen LogP contribution in [0.3, 0.4) is 0 Å². The van der Waals surface area contributed by atoms with Gasteiger partial charge in [0.15, 0.2) is 0 Å². The highest BCUT2D eigenvalue weighted by Gasteiger charge is 2.20. The zero-order valence-corrected chi connectivity index (χ0v) is 9.90. The topological polar surface area (TPSA) is 21.3 Å². The summed E-state index contributed by atoms with van der Waals surface area (Å²) in [4.78, 5) is 0. The smallest absolute Gasteiger partial charge is 0.119 e. The summed E-state index contributed by atoms with van der Waals surface area (Å²) in [6, 6.07) is 4.41. The van der Waals surface area contributed by atoms with Crippen molar-refractivity contribution in [3.05, 3.63) is 28.3 Å². The molecular weight excluding hydrogens is 210 g/mol. The Kier molecular flexibility index (Phi) is 3.17. The first-order chi connectivity index (χ1) is 7.22. The number of aryl methyl sites for hydroxylation is 1. The van der Waals surface area contributed by atoms with Crippen LogP contribution in [0, 0.1) is 6.92 Å². The molecule has 15 heavy (non-hydrogen) atoms. The van der Waals surface area contributed by atoms with Gasteiger partial charge in [-0.2, -0.15) is 0 Å². The third kappa shape index (κ3) is 2.11. The Balaban J connectivity index is 2.39. The summed E-state index contributed by atoms with van der Waals surface area (Å²) in [5.74, 6) is 0.889. The molecule has 2 rings (SSSR count). The van der Waals surface area contributed by atoms with E-state index in [4.69, 9.17) is 16.3 Å². The molecule has 1 aromatic rings. The molecule has 1 fully saturated rings. The van der Waals surface area contributed by atoms with Crippen LogP contribution < -0.4 is 10.1 Å². The van der Waals surface area contributed by atoms with Crippen LogP contribution in [-0.4, -0.2) is 13.7 Å². The zero-order valence-electron chi connectivity index (χ0n) is 9.14. The lowest BCUT2D eigenvalue weighted by molar-refractivity contribution is 0.413. The Hall–Kier alpha value is -0.730. The number of rotatable bonds is 2. The Bertz CT molecular complexity index is 359. The normalized spacial score (nSPS) is 20.6. The summed E-state index contributed by atoms with van der Waals surface area (Å²) in [5, 5.41) is 4.32. The van der Waals surface area contributed by atoms with Crippen molar-refractivity contribution in [2.45, 2.75) is 25.8 Å². The van der Waals surface area contributed by atoms with Gasteiger partial charge in [0.25, 0.3) is 0 Å². The van der Waals surface area contributed by atoms with E-state index in [1.807, 2.05) is 19.1 Å². The Morgan fingerprint density at radius 3 is 2.87 bits per heavy atom. The van der Waals surface area contributed by atoms with Crippen molar-refractivity contribution in [3.63, 3.8) is 0 Å². The summed E-state index contributed by atoms with van der Waals surface area (Å²) >= 11 is 6.31. The Morgan fingerprint density at radius 1 is 1.47 bits per heavy atom. The van der Waals surface area contributed by atoms with Gasteiger partial charge in [-0.05, 0) is 49.6 Å². The molecule has 0 aromatic heterocycles. The third-order valence-corrected chi connectivity index (χ3v) is 3.44. The molecule has 1 aliphatic heterocycles. The van der Waals surface area contributed by atoms with Gasteiger partial charge in [0.05, 0.1) is 7.11 Å². The molecule has 3 heteroatoms. The van der Waals surface area contributed by atoms with E-state index in [0.29, 0.717) is 6.04 Å². The first kappa shape index (κ1) is 10.8. The lowest BCUT2D eigenvalue weighted by Gasteiger charge is -2.15. The average molecular weight is 226 g/mol. The number of benzene rings is 1. The fourth-order valence-electron chi connectivity index (χ4n) is 2.08. The maximum atomic E-state index is 6.31. The molecule has 0 saturated carbocycles. The van der Waals surface area contributed by atoms with Gasteiger partial charge in [0.1, 0.15) is 5.75 Å². The van der Waals surface area contributed by atoms with Crippen LogP contribution >= 0.6 is 11.6 Å². The van der Waals surface area contributed by atoms with Crippen LogP contribution in [0.15, 0.2) is 12.1 Å². The summed E-state index contributed by atoms with van der Waals surface area (Å²) < 4.78 is 5.26. The molecule has 0 radical (unpaired) electrons. The lowest BCUT2D eigenvalue weighted by Crippen LogP contribution is -2.13. The summed E-state index contributed by atoms with van der Waals surface area (Å²) in [5.41, 5.74) is 2.26. The van der Waals surface area contributed by atoms with Crippen molar-refractivity contribution in [1.82, 2.24) is 5.32 Å².